The third-order valence-electron chi connectivity index (χ3n) is 1.94. The van der Waals surface area contributed by atoms with E-state index in [9.17, 15) is 14.0 Å². The van der Waals surface area contributed by atoms with Gasteiger partial charge < -0.3 is 15.7 Å². The highest BCUT2D eigenvalue weighted by Gasteiger charge is 2.15. The van der Waals surface area contributed by atoms with Crippen LogP contribution in [0.2, 0.25) is 5.02 Å². The zero-order valence-corrected chi connectivity index (χ0v) is 10.3. The second-order valence-corrected chi connectivity index (χ2v) is 4.07. The number of carbonyl (C=O) groups is 2. The third kappa shape index (κ3) is 4.31. The minimum atomic E-state index is -1.02. The molecule has 0 saturated heterocycles. The maximum absolute atomic E-state index is 13.3. The average Bonchev–Trinajstić information content (AvgIpc) is 2.29. The van der Waals surface area contributed by atoms with E-state index in [2.05, 4.69) is 10.6 Å². The van der Waals surface area contributed by atoms with Crippen molar-refractivity contribution in [2.24, 2.45) is 0 Å². The van der Waals surface area contributed by atoms with E-state index in [0.29, 0.717) is 0 Å². The molecule has 18 heavy (non-hydrogen) atoms. The highest BCUT2D eigenvalue weighted by Crippen LogP contribution is 2.18. The predicted molar refractivity (Wildman–Crippen MR) is 64.7 cm³/mol. The Morgan fingerprint density at radius 2 is 2.11 bits per heavy atom. The predicted octanol–water partition coefficient (Wildman–Crippen LogP) is 0.915. The van der Waals surface area contributed by atoms with Gasteiger partial charge in [-0.25, -0.2) is 4.39 Å². The molecule has 0 heterocycles. The fourth-order valence-electron chi connectivity index (χ4n) is 1.09. The molecule has 2 amide bonds. The Bertz CT molecular complexity index is 466. The number of halogens is 2. The first-order valence-corrected chi connectivity index (χ1v) is 5.50. The first-order valence-electron chi connectivity index (χ1n) is 5.12. The molecule has 3 N–H and O–H groups in total. The summed E-state index contributed by atoms with van der Waals surface area (Å²) in [5.74, 6) is -2.71. The van der Waals surface area contributed by atoms with E-state index in [4.69, 9.17) is 16.7 Å². The molecular formula is C11H12ClFN2O3. The van der Waals surface area contributed by atoms with Gasteiger partial charge in [0.2, 0.25) is 0 Å². The lowest BCUT2D eigenvalue weighted by Gasteiger charge is -2.08. The summed E-state index contributed by atoms with van der Waals surface area (Å²) in [5, 5.41) is 13.4. The Labute approximate surface area is 108 Å². The number of carbonyl (C=O) groups excluding carboxylic acids is 2. The van der Waals surface area contributed by atoms with Crippen LogP contribution >= 0.6 is 11.6 Å². The molecule has 1 atom stereocenters. The van der Waals surface area contributed by atoms with Gasteiger partial charge in [-0.05, 0) is 25.1 Å². The highest BCUT2D eigenvalue weighted by molar-refractivity contribution is 6.39. The van der Waals surface area contributed by atoms with Crippen LogP contribution in [-0.2, 0) is 9.59 Å². The Morgan fingerprint density at radius 1 is 1.44 bits per heavy atom. The number of aliphatic hydroxyl groups is 1. The molecule has 0 fully saturated rings. The molecule has 0 bridgehead atoms. The van der Waals surface area contributed by atoms with Gasteiger partial charge in [0.15, 0.2) is 0 Å². The van der Waals surface area contributed by atoms with Crippen molar-refractivity contribution < 1.29 is 19.1 Å². The van der Waals surface area contributed by atoms with Crippen molar-refractivity contribution in [2.75, 3.05) is 11.9 Å². The Balaban J connectivity index is 2.61. The maximum Gasteiger partial charge on any atom is 0.313 e. The Morgan fingerprint density at radius 3 is 2.67 bits per heavy atom. The molecule has 1 aromatic rings. The molecule has 7 heteroatoms. The van der Waals surface area contributed by atoms with Crippen LogP contribution in [0.25, 0.3) is 0 Å². The summed E-state index contributed by atoms with van der Waals surface area (Å²) in [5.41, 5.74) is -0.142. The zero-order valence-electron chi connectivity index (χ0n) is 9.54. The van der Waals surface area contributed by atoms with E-state index in [1.54, 1.807) is 0 Å². The van der Waals surface area contributed by atoms with E-state index in [0.717, 1.165) is 6.07 Å². The van der Waals surface area contributed by atoms with Crippen LogP contribution in [0.15, 0.2) is 18.2 Å². The molecule has 0 spiro atoms. The lowest BCUT2D eigenvalue weighted by atomic mass is 10.3. The quantitative estimate of drug-likeness (QED) is 0.717. The second-order valence-electron chi connectivity index (χ2n) is 3.64. The van der Waals surface area contributed by atoms with Gasteiger partial charge in [-0.1, -0.05) is 11.6 Å². The molecule has 0 saturated carbocycles. The van der Waals surface area contributed by atoms with Gasteiger partial charge >= 0.3 is 11.8 Å². The van der Waals surface area contributed by atoms with Crippen molar-refractivity contribution in [2.45, 2.75) is 13.0 Å². The summed E-state index contributed by atoms with van der Waals surface area (Å²) in [6.07, 6.45) is -0.769. The molecule has 0 aliphatic heterocycles. The van der Waals surface area contributed by atoms with E-state index in [1.165, 1.54) is 19.1 Å². The topological polar surface area (TPSA) is 78.4 Å². The smallest absolute Gasteiger partial charge is 0.313 e. The normalized spacial score (nSPS) is 11.8. The van der Waals surface area contributed by atoms with E-state index >= 15 is 0 Å². The van der Waals surface area contributed by atoms with Crippen molar-refractivity contribution >= 4 is 29.1 Å². The van der Waals surface area contributed by atoms with Gasteiger partial charge in [0.05, 0.1) is 11.8 Å². The van der Waals surface area contributed by atoms with Crippen LogP contribution < -0.4 is 10.6 Å². The number of hydrogen-bond donors (Lipinski definition) is 3. The molecule has 0 aliphatic carbocycles. The summed E-state index contributed by atoms with van der Waals surface area (Å²) in [7, 11) is 0. The molecule has 0 radical (unpaired) electrons. The van der Waals surface area contributed by atoms with Gasteiger partial charge in [-0.3, -0.25) is 9.59 Å². The Hall–Kier alpha value is -1.66. The fourth-order valence-corrected chi connectivity index (χ4v) is 1.25. The largest absolute Gasteiger partial charge is 0.392 e. The van der Waals surface area contributed by atoms with Crippen LogP contribution in [0, 0.1) is 5.82 Å². The molecule has 5 nitrogen and oxygen atoms in total. The van der Waals surface area contributed by atoms with Gasteiger partial charge in [0, 0.05) is 11.6 Å². The van der Waals surface area contributed by atoms with Crippen molar-refractivity contribution in [1.82, 2.24) is 5.32 Å². The summed E-state index contributed by atoms with van der Waals surface area (Å²) in [4.78, 5) is 22.6. The van der Waals surface area contributed by atoms with Gasteiger partial charge in [0.25, 0.3) is 0 Å². The van der Waals surface area contributed by atoms with Crippen LogP contribution in [0.1, 0.15) is 6.92 Å². The van der Waals surface area contributed by atoms with Crippen LogP contribution in [-0.4, -0.2) is 29.6 Å². The fraction of sp³-hybridized carbons (Fsp3) is 0.273. The number of amides is 2. The molecule has 0 aromatic heterocycles. The third-order valence-corrected chi connectivity index (χ3v) is 2.18. The Kier molecular flexibility index (Phi) is 5.06. The van der Waals surface area contributed by atoms with Crippen LogP contribution in [0.3, 0.4) is 0 Å². The van der Waals surface area contributed by atoms with Crippen LogP contribution in [0.5, 0.6) is 0 Å². The summed E-state index contributed by atoms with van der Waals surface area (Å²) in [6.45, 7) is 1.40. The summed E-state index contributed by atoms with van der Waals surface area (Å²) < 4.78 is 13.3. The monoisotopic (exact) mass is 274 g/mol. The SMILES string of the molecule is C[C@@H](O)CNC(=O)C(=O)Nc1ccc(Cl)cc1F. The summed E-state index contributed by atoms with van der Waals surface area (Å²) >= 11 is 5.54. The number of aliphatic hydroxyl groups excluding tert-OH is 1. The number of anilines is 1. The first kappa shape index (κ1) is 14.4. The molecule has 1 aromatic carbocycles. The molecule has 98 valence electrons. The molecule has 0 aliphatic rings. The van der Waals surface area contributed by atoms with Gasteiger partial charge in [-0.2, -0.15) is 0 Å². The van der Waals surface area contributed by atoms with E-state index in [1.807, 2.05) is 0 Å². The minimum Gasteiger partial charge on any atom is -0.392 e. The molecular weight excluding hydrogens is 263 g/mol. The van der Waals surface area contributed by atoms with Crippen molar-refractivity contribution in [1.29, 1.82) is 0 Å². The van der Waals surface area contributed by atoms with Crippen molar-refractivity contribution in [3.63, 3.8) is 0 Å². The minimum absolute atomic E-state index is 0.0602. The number of hydrogen-bond acceptors (Lipinski definition) is 3. The van der Waals surface area contributed by atoms with Crippen LogP contribution in [0.4, 0.5) is 10.1 Å². The number of nitrogens with one attached hydrogen (secondary N) is 2. The zero-order chi connectivity index (χ0) is 13.7. The number of benzene rings is 1. The van der Waals surface area contributed by atoms with Gasteiger partial charge in [0.1, 0.15) is 5.82 Å². The lowest BCUT2D eigenvalue weighted by molar-refractivity contribution is -0.136. The van der Waals surface area contributed by atoms with E-state index < -0.39 is 23.7 Å². The highest BCUT2D eigenvalue weighted by atomic mass is 35.5. The second kappa shape index (κ2) is 6.32. The summed E-state index contributed by atoms with van der Waals surface area (Å²) in [6, 6.07) is 3.65. The lowest BCUT2D eigenvalue weighted by Crippen LogP contribution is -2.38. The molecule has 0 unspecified atom stereocenters. The first-order chi connectivity index (χ1) is 8.40. The molecule has 1 rings (SSSR count). The average molecular weight is 275 g/mol. The maximum atomic E-state index is 13.3. The van der Waals surface area contributed by atoms with Crippen molar-refractivity contribution in [3.8, 4) is 0 Å². The standard InChI is InChI=1S/C11H12ClFN2O3/c1-6(16)5-14-10(17)11(18)15-9-3-2-7(12)4-8(9)13/h2-4,6,16H,5H2,1H3,(H,14,17)(H,15,18)/t6-/m1/s1. The van der Waals surface area contributed by atoms with Gasteiger partial charge in [-0.15, -0.1) is 0 Å². The number of rotatable bonds is 3. The van der Waals surface area contributed by atoms with E-state index in [-0.39, 0.29) is 17.3 Å². The van der Waals surface area contributed by atoms with Crippen molar-refractivity contribution in [3.05, 3.63) is 29.0 Å².